The number of terminal acetylenes is 1. The van der Waals surface area contributed by atoms with Gasteiger partial charge in [-0.3, -0.25) is 0 Å². The highest BCUT2D eigenvalue weighted by molar-refractivity contribution is 6.32. The Kier molecular flexibility index (Phi) is 2.93. The first-order valence-electron chi connectivity index (χ1n) is 3.63. The largest absolute Gasteiger partial charge is 0.393 e. The second-order valence-corrected chi connectivity index (χ2v) is 2.82. The van der Waals surface area contributed by atoms with E-state index in [0.29, 0.717) is 11.5 Å². The molecule has 13 heavy (non-hydrogen) atoms. The van der Waals surface area contributed by atoms with E-state index in [1.54, 1.807) is 0 Å². The lowest BCUT2D eigenvalue weighted by Crippen LogP contribution is -2.15. The molecular weight excluding hydrogens is 188 g/mol. The van der Waals surface area contributed by atoms with Crippen LogP contribution in [0.1, 0.15) is 6.92 Å². The van der Waals surface area contributed by atoms with Crippen LogP contribution in [0.5, 0.6) is 0 Å². The van der Waals surface area contributed by atoms with E-state index in [2.05, 4.69) is 21.2 Å². The smallest absolute Gasteiger partial charge is 0.157 e. The average molecular weight is 197 g/mol. The number of halogens is 1. The zero-order chi connectivity index (χ0) is 9.84. The molecule has 1 unspecified atom stereocenters. The third-order valence-electron chi connectivity index (χ3n) is 1.44. The third kappa shape index (κ3) is 2.23. The first-order valence-corrected chi connectivity index (χ1v) is 4.01. The maximum atomic E-state index is 5.67. The zero-order valence-corrected chi connectivity index (χ0v) is 7.84. The number of nitrogens with one attached hydrogen (secondary N) is 1. The Labute approximate surface area is 81.5 Å². The topological polar surface area (TPSA) is 63.8 Å². The molecule has 0 aliphatic heterocycles. The van der Waals surface area contributed by atoms with Crippen molar-refractivity contribution in [1.82, 2.24) is 9.97 Å². The predicted molar refractivity (Wildman–Crippen MR) is 53.4 cm³/mol. The van der Waals surface area contributed by atoms with Gasteiger partial charge in [0.1, 0.15) is 12.0 Å². The number of nitrogens with two attached hydrogens (primary N) is 1. The molecule has 0 amide bonds. The molecule has 1 aromatic rings. The first-order chi connectivity index (χ1) is 6.15. The summed E-state index contributed by atoms with van der Waals surface area (Å²) in [5.41, 5.74) is 5.91. The summed E-state index contributed by atoms with van der Waals surface area (Å²) in [7, 11) is 0. The van der Waals surface area contributed by atoms with Crippen LogP contribution in [0.25, 0.3) is 0 Å². The molecule has 5 heteroatoms. The van der Waals surface area contributed by atoms with E-state index in [9.17, 15) is 0 Å². The van der Waals surface area contributed by atoms with E-state index < -0.39 is 0 Å². The van der Waals surface area contributed by atoms with Crippen molar-refractivity contribution in [1.29, 1.82) is 0 Å². The lowest BCUT2D eigenvalue weighted by molar-refractivity contribution is 1.01. The minimum Gasteiger partial charge on any atom is -0.393 e. The molecule has 0 bridgehead atoms. The fraction of sp³-hybridized carbons (Fsp3) is 0.250. The van der Waals surface area contributed by atoms with Gasteiger partial charge in [-0.25, -0.2) is 9.97 Å². The van der Waals surface area contributed by atoms with E-state index in [1.165, 1.54) is 6.33 Å². The molecule has 3 N–H and O–H groups in total. The maximum absolute atomic E-state index is 5.67. The van der Waals surface area contributed by atoms with E-state index in [-0.39, 0.29) is 11.2 Å². The van der Waals surface area contributed by atoms with Gasteiger partial charge in [0.2, 0.25) is 0 Å². The van der Waals surface area contributed by atoms with Gasteiger partial charge in [0.25, 0.3) is 0 Å². The van der Waals surface area contributed by atoms with Gasteiger partial charge >= 0.3 is 0 Å². The molecule has 4 nitrogen and oxygen atoms in total. The fourth-order valence-electron chi connectivity index (χ4n) is 0.736. The summed E-state index contributed by atoms with van der Waals surface area (Å²) in [6.45, 7) is 1.81. The van der Waals surface area contributed by atoms with Crippen molar-refractivity contribution >= 4 is 23.1 Å². The van der Waals surface area contributed by atoms with Crippen LogP contribution >= 0.6 is 11.6 Å². The number of nitrogen functional groups attached to an aromatic ring is 1. The molecular formula is C8H9ClN4. The Morgan fingerprint density at radius 3 is 3.00 bits per heavy atom. The summed E-state index contributed by atoms with van der Waals surface area (Å²) >= 11 is 5.67. The van der Waals surface area contributed by atoms with Crippen LogP contribution in [0.15, 0.2) is 6.33 Å². The fourth-order valence-corrected chi connectivity index (χ4v) is 0.869. The number of rotatable bonds is 2. The summed E-state index contributed by atoms with van der Waals surface area (Å²) < 4.78 is 0. The predicted octanol–water partition coefficient (Wildman–Crippen LogP) is 1.15. The van der Waals surface area contributed by atoms with Crippen molar-refractivity contribution < 1.29 is 0 Å². The van der Waals surface area contributed by atoms with Gasteiger partial charge in [0, 0.05) is 0 Å². The number of anilines is 2. The Bertz CT molecular complexity index is 344. The quantitative estimate of drug-likeness (QED) is 0.550. The minimum atomic E-state index is -0.145. The minimum absolute atomic E-state index is 0.145. The summed E-state index contributed by atoms with van der Waals surface area (Å²) in [6, 6.07) is -0.145. The molecule has 1 rings (SSSR count). The van der Waals surface area contributed by atoms with Gasteiger partial charge in [0.15, 0.2) is 11.0 Å². The van der Waals surface area contributed by atoms with Crippen molar-refractivity contribution in [2.24, 2.45) is 0 Å². The van der Waals surface area contributed by atoms with Gasteiger partial charge in [0.05, 0.1) is 6.04 Å². The van der Waals surface area contributed by atoms with E-state index >= 15 is 0 Å². The molecule has 1 atom stereocenters. The standard InChI is InChI=1S/C8H9ClN4/c1-3-5(2)13-8-6(10)7(9)11-4-12-8/h1,4-5H,10H2,2H3,(H,11,12,13). The maximum Gasteiger partial charge on any atom is 0.157 e. The summed E-state index contributed by atoms with van der Waals surface area (Å²) in [5.74, 6) is 2.95. The Hall–Kier alpha value is -1.47. The third-order valence-corrected chi connectivity index (χ3v) is 1.74. The number of nitrogens with zero attached hydrogens (tertiary/aromatic N) is 2. The number of hydrogen-bond donors (Lipinski definition) is 2. The van der Waals surface area contributed by atoms with Gasteiger partial charge in [-0.15, -0.1) is 6.42 Å². The van der Waals surface area contributed by atoms with Gasteiger partial charge in [-0.2, -0.15) is 0 Å². The highest BCUT2D eigenvalue weighted by atomic mass is 35.5. The number of hydrogen-bond acceptors (Lipinski definition) is 4. The molecule has 0 aromatic carbocycles. The zero-order valence-electron chi connectivity index (χ0n) is 7.08. The van der Waals surface area contributed by atoms with Crippen LogP contribution in [0.2, 0.25) is 5.15 Å². The van der Waals surface area contributed by atoms with E-state index in [0.717, 1.165) is 0 Å². The molecule has 68 valence electrons. The molecule has 0 aliphatic carbocycles. The van der Waals surface area contributed by atoms with Crippen LogP contribution in [-0.2, 0) is 0 Å². The molecule has 1 heterocycles. The Balaban J connectivity index is 2.90. The van der Waals surface area contributed by atoms with Crippen LogP contribution in [-0.4, -0.2) is 16.0 Å². The molecule has 0 radical (unpaired) electrons. The van der Waals surface area contributed by atoms with Crippen LogP contribution in [0.3, 0.4) is 0 Å². The second kappa shape index (κ2) is 3.97. The summed E-state index contributed by atoms with van der Waals surface area (Å²) in [4.78, 5) is 7.61. The molecule has 0 saturated heterocycles. The Morgan fingerprint density at radius 1 is 1.69 bits per heavy atom. The van der Waals surface area contributed by atoms with Gasteiger partial charge in [-0.1, -0.05) is 17.5 Å². The van der Waals surface area contributed by atoms with Crippen molar-refractivity contribution in [2.75, 3.05) is 11.1 Å². The SMILES string of the molecule is C#CC(C)Nc1ncnc(Cl)c1N. The summed E-state index contributed by atoms with van der Waals surface area (Å²) in [6.07, 6.45) is 6.50. The normalized spacial score (nSPS) is 11.8. The van der Waals surface area contributed by atoms with Gasteiger partial charge < -0.3 is 11.1 Å². The van der Waals surface area contributed by atoms with Crippen molar-refractivity contribution in [3.05, 3.63) is 11.5 Å². The average Bonchev–Trinajstić information content (AvgIpc) is 2.13. The van der Waals surface area contributed by atoms with Crippen LogP contribution < -0.4 is 11.1 Å². The highest BCUT2D eigenvalue weighted by Crippen LogP contribution is 2.22. The molecule has 0 spiro atoms. The number of aromatic nitrogens is 2. The van der Waals surface area contributed by atoms with Crippen LogP contribution in [0, 0.1) is 12.3 Å². The van der Waals surface area contributed by atoms with Crippen molar-refractivity contribution in [3.63, 3.8) is 0 Å². The van der Waals surface area contributed by atoms with E-state index in [4.69, 9.17) is 23.8 Å². The lowest BCUT2D eigenvalue weighted by Gasteiger charge is -2.10. The molecule has 0 aliphatic rings. The van der Waals surface area contributed by atoms with Crippen molar-refractivity contribution in [3.8, 4) is 12.3 Å². The molecule has 0 fully saturated rings. The Morgan fingerprint density at radius 2 is 2.38 bits per heavy atom. The second-order valence-electron chi connectivity index (χ2n) is 2.46. The monoisotopic (exact) mass is 196 g/mol. The molecule has 0 saturated carbocycles. The van der Waals surface area contributed by atoms with Gasteiger partial charge in [-0.05, 0) is 6.92 Å². The van der Waals surface area contributed by atoms with E-state index in [1.807, 2.05) is 6.92 Å². The first kappa shape index (κ1) is 9.62. The molecule has 1 aromatic heterocycles. The summed E-state index contributed by atoms with van der Waals surface area (Å²) in [5, 5.41) is 3.13. The highest BCUT2D eigenvalue weighted by Gasteiger charge is 2.06. The lowest BCUT2D eigenvalue weighted by atomic mass is 10.3. The van der Waals surface area contributed by atoms with Crippen LogP contribution in [0.4, 0.5) is 11.5 Å². The van der Waals surface area contributed by atoms with Crippen molar-refractivity contribution in [2.45, 2.75) is 13.0 Å².